The summed E-state index contributed by atoms with van der Waals surface area (Å²) >= 11 is 0. The van der Waals surface area contributed by atoms with E-state index in [0.29, 0.717) is 5.56 Å². The van der Waals surface area contributed by atoms with Crippen LogP contribution in [0, 0.1) is 6.92 Å². The van der Waals surface area contributed by atoms with Gasteiger partial charge in [0.25, 0.3) is 5.91 Å². The lowest BCUT2D eigenvalue weighted by Gasteiger charge is -2.34. The summed E-state index contributed by atoms with van der Waals surface area (Å²) in [6.45, 7) is 5.59. The number of carbonyl (C=O) groups is 1. The molecule has 0 radical (unpaired) electrons. The molecule has 0 bridgehead atoms. The highest BCUT2D eigenvalue weighted by Gasteiger charge is 2.27. The Hall–Kier alpha value is -1.62. The van der Waals surface area contributed by atoms with Crippen LogP contribution in [-0.4, -0.2) is 46.6 Å². The Kier molecular flexibility index (Phi) is 5.56. The first-order valence-electron chi connectivity index (χ1n) is 7.80. The highest BCUT2D eigenvalue weighted by molar-refractivity contribution is 5.95. The van der Waals surface area contributed by atoms with Crippen LogP contribution in [0.25, 0.3) is 0 Å². The second-order valence-electron chi connectivity index (χ2n) is 5.64. The lowest BCUT2D eigenvalue weighted by atomic mass is 10.0. The van der Waals surface area contributed by atoms with E-state index in [1.165, 1.54) is 0 Å². The van der Waals surface area contributed by atoms with Crippen molar-refractivity contribution in [1.29, 1.82) is 0 Å². The van der Waals surface area contributed by atoms with Gasteiger partial charge in [-0.3, -0.25) is 4.79 Å². The van der Waals surface area contributed by atoms with E-state index in [1.807, 2.05) is 24.0 Å². The van der Waals surface area contributed by atoms with E-state index < -0.39 is 0 Å². The summed E-state index contributed by atoms with van der Waals surface area (Å²) < 4.78 is 0. The molecule has 0 spiro atoms. The van der Waals surface area contributed by atoms with Gasteiger partial charge in [-0.25, -0.2) is 4.98 Å². The Morgan fingerprint density at radius 1 is 1.48 bits per heavy atom. The third kappa shape index (κ3) is 3.94. The second kappa shape index (κ2) is 7.41. The lowest BCUT2D eigenvalue weighted by molar-refractivity contribution is 0.0503. The van der Waals surface area contributed by atoms with Crippen molar-refractivity contribution in [1.82, 2.24) is 9.88 Å². The Bertz CT molecular complexity index is 490. The Labute approximate surface area is 126 Å². The second-order valence-corrected chi connectivity index (χ2v) is 5.64. The molecule has 1 aliphatic heterocycles. The summed E-state index contributed by atoms with van der Waals surface area (Å²) in [5, 5.41) is 12.7. The largest absolute Gasteiger partial charge is 0.394 e. The number of amides is 1. The number of carbonyl (C=O) groups excluding carboxylic acids is 1. The fourth-order valence-electron chi connectivity index (χ4n) is 2.76. The maximum atomic E-state index is 12.7. The average Bonchev–Trinajstić information content (AvgIpc) is 2.51. The van der Waals surface area contributed by atoms with Gasteiger partial charge in [0.2, 0.25) is 0 Å². The van der Waals surface area contributed by atoms with Gasteiger partial charge in [-0.05, 0) is 44.7 Å². The molecule has 5 nitrogen and oxygen atoms in total. The molecule has 1 atom stereocenters. The van der Waals surface area contributed by atoms with Crippen molar-refractivity contribution in [2.45, 2.75) is 45.6 Å². The number of aromatic nitrogens is 1. The first-order chi connectivity index (χ1) is 10.2. The van der Waals surface area contributed by atoms with Gasteiger partial charge in [0.05, 0.1) is 12.6 Å². The zero-order chi connectivity index (χ0) is 15.2. The number of aliphatic hydroxyl groups excluding tert-OH is 1. The number of rotatable bonds is 5. The fraction of sp³-hybridized carbons (Fsp3) is 0.625. The summed E-state index contributed by atoms with van der Waals surface area (Å²) in [6, 6.07) is 3.59. The zero-order valence-corrected chi connectivity index (χ0v) is 12.9. The van der Waals surface area contributed by atoms with E-state index in [0.717, 1.165) is 50.3 Å². The molecule has 0 aromatic carbocycles. The zero-order valence-electron chi connectivity index (χ0n) is 12.9. The molecule has 1 unspecified atom stereocenters. The van der Waals surface area contributed by atoms with Crippen LogP contribution in [0.15, 0.2) is 12.1 Å². The van der Waals surface area contributed by atoms with Crippen molar-refractivity contribution >= 4 is 11.7 Å². The Balaban J connectivity index is 2.19. The first-order valence-corrected chi connectivity index (χ1v) is 7.80. The van der Waals surface area contributed by atoms with E-state index in [-0.39, 0.29) is 18.6 Å². The number of aryl methyl sites for hydroxylation is 1. The number of hydrogen-bond donors (Lipinski definition) is 2. The summed E-state index contributed by atoms with van der Waals surface area (Å²) in [4.78, 5) is 18.9. The molecule has 1 amide bonds. The molecule has 1 aliphatic rings. The van der Waals surface area contributed by atoms with Crippen LogP contribution < -0.4 is 5.32 Å². The average molecular weight is 291 g/mol. The van der Waals surface area contributed by atoms with Crippen molar-refractivity contribution in [2.24, 2.45) is 0 Å². The smallest absolute Gasteiger partial charge is 0.254 e. The van der Waals surface area contributed by atoms with Crippen LogP contribution in [0.4, 0.5) is 5.82 Å². The highest BCUT2D eigenvalue weighted by Crippen LogP contribution is 2.21. The number of piperidine rings is 1. The predicted molar refractivity (Wildman–Crippen MR) is 83.5 cm³/mol. The van der Waals surface area contributed by atoms with Crippen LogP contribution in [-0.2, 0) is 0 Å². The molecule has 1 saturated heterocycles. The van der Waals surface area contributed by atoms with Gasteiger partial charge in [0, 0.05) is 24.3 Å². The maximum absolute atomic E-state index is 12.7. The van der Waals surface area contributed by atoms with Crippen LogP contribution in [0.1, 0.15) is 48.7 Å². The number of hydrogen-bond acceptors (Lipinski definition) is 4. The number of aliphatic hydroxyl groups is 1. The minimum absolute atomic E-state index is 0.00111. The normalized spacial score (nSPS) is 18.6. The van der Waals surface area contributed by atoms with Gasteiger partial charge < -0.3 is 15.3 Å². The number of pyridine rings is 1. The maximum Gasteiger partial charge on any atom is 0.254 e. The van der Waals surface area contributed by atoms with E-state index in [1.54, 1.807) is 0 Å². The predicted octanol–water partition coefficient (Wildman–Crippen LogP) is 2.20. The van der Waals surface area contributed by atoms with Crippen molar-refractivity contribution in [3.05, 3.63) is 23.4 Å². The number of nitrogens with one attached hydrogen (secondary N) is 1. The van der Waals surface area contributed by atoms with E-state index in [2.05, 4.69) is 17.2 Å². The summed E-state index contributed by atoms with van der Waals surface area (Å²) in [5.41, 5.74) is 1.48. The first kappa shape index (κ1) is 15.8. The van der Waals surface area contributed by atoms with Crippen LogP contribution >= 0.6 is 0 Å². The summed E-state index contributed by atoms with van der Waals surface area (Å²) in [5.74, 6) is 0.747. The lowest BCUT2D eigenvalue weighted by Crippen LogP contribution is -2.45. The summed E-state index contributed by atoms with van der Waals surface area (Å²) in [7, 11) is 0. The van der Waals surface area contributed by atoms with Crippen molar-refractivity contribution in [2.75, 3.05) is 25.0 Å². The summed E-state index contributed by atoms with van der Waals surface area (Å²) in [6.07, 6.45) is 3.98. The number of likely N-dealkylation sites (tertiary alicyclic amines) is 1. The third-order valence-corrected chi connectivity index (χ3v) is 3.86. The van der Waals surface area contributed by atoms with Gasteiger partial charge in [-0.1, -0.05) is 6.92 Å². The molecule has 2 N–H and O–H groups in total. The quantitative estimate of drug-likeness (QED) is 0.873. The SMILES string of the molecule is CCCNc1cc(C(=O)N2CCCCC2CO)cc(C)n1. The molecule has 2 rings (SSSR count). The van der Waals surface area contributed by atoms with E-state index in [4.69, 9.17) is 0 Å². The Morgan fingerprint density at radius 3 is 3.00 bits per heavy atom. The molecule has 1 aromatic rings. The molecule has 0 aliphatic carbocycles. The van der Waals surface area contributed by atoms with Crippen molar-refractivity contribution < 1.29 is 9.90 Å². The molecular weight excluding hydrogens is 266 g/mol. The molecule has 21 heavy (non-hydrogen) atoms. The Morgan fingerprint density at radius 2 is 2.29 bits per heavy atom. The standard InChI is InChI=1S/C16H25N3O2/c1-3-7-17-15-10-13(9-12(2)18-15)16(21)19-8-5-4-6-14(19)11-20/h9-10,14,20H,3-8,11H2,1-2H3,(H,17,18). The molecule has 1 fully saturated rings. The topological polar surface area (TPSA) is 65.5 Å². The van der Waals surface area contributed by atoms with Crippen LogP contribution in [0.2, 0.25) is 0 Å². The van der Waals surface area contributed by atoms with Gasteiger partial charge in [-0.15, -0.1) is 0 Å². The highest BCUT2D eigenvalue weighted by atomic mass is 16.3. The van der Waals surface area contributed by atoms with Gasteiger partial charge >= 0.3 is 0 Å². The molecule has 0 saturated carbocycles. The van der Waals surface area contributed by atoms with Crippen molar-refractivity contribution in [3.63, 3.8) is 0 Å². The van der Waals surface area contributed by atoms with E-state index in [9.17, 15) is 9.90 Å². The number of anilines is 1. The minimum atomic E-state index is -0.0493. The molecule has 1 aromatic heterocycles. The van der Waals surface area contributed by atoms with Crippen LogP contribution in [0.3, 0.4) is 0 Å². The number of nitrogens with zero attached hydrogens (tertiary/aromatic N) is 2. The minimum Gasteiger partial charge on any atom is -0.394 e. The molecule has 2 heterocycles. The van der Waals surface area contributed by atoms with Crippen LogP contribution in [0.5, 0.6) is 0 Å². The molecular formula is C16H25N3O2. The van der Waals surface area contributed by atoms with Gasteiger partial charge in [0.1, 0.15) is 5.82 Å². The molecule has 5 heteroatoms. The third-order valence-electron chi connectivity index (χ3n) is 3.86. The monoisotopic (exact) mass is 291 g/mol. The van der Waals surface area contributed by atoms with Crippen molar-refractivity contribution in [3.8, 4) is 0 Å². The van der Waals surface area contributed by atoms with Gasteiger partial charge in [-0.2, -0.15) is 0 Å². The van der Waals surface area contributed by atoms with E-state index >= 15 is 0 Å². The molecule has 116 valence electrons. The van der Waals surface area contributed by atoms with Gasteiger partial charge in [0.15, 0.2) is 0 Å². The fourth-order valence-corrected chi connectivity index (χ4v) is 2.76.